The predicted molar refractivity (Wildman–Crippen MR) is 48.1 cm³/mol. The van der Waals surface area contributed by atoms with Crippen molar-refractivity contribution in [2.24, 2.45) is 5.73 Å². The summed E-state index contributed by atoms with van der Waals surface area (Å²) in [5.41, 5.74) is 5.02. The Morgan fingerprint density at radius 1 is 1.58 bits per heavy atom. The number of nitrogens with two attached hydrogens (primary N) is 1. The summed E-state index contributed by atoms with van der Waals surface area (Å²) >= 11 is 0. The van der Waals surface area contributed by atoms with E-state index in [1.54, 1.807) is 6.92 Å². The van der Waals surface area contributed by atoms with Crippen LogP contribution in [0.5, 0.6) is 0 Å². The Morgan fingerprint density at radius 2 is 2.00 bits per heavy atom. The predicted octanol–water partition coefficient (Wildman–Crippen LogP) is 1.11. The van der Waals surface area contributed by atoms with Gasteiger partial charge in [-0.15, -0.1) is 0 Å². The minimum atomic E-state index is -0.916. The van der Waals surface area contributed by atoms with Crippen LogP contribution in [-0.2, 0) is 0 Å². The van der Waals surface area contributed by atoms with Crippen LogP contribution in [0.15, 0.2) is 0 Å². The number of nitrogens with zero attached hydrogens (tertiary/aromatic N) is 1. The minimum Gasteiger partial charge on any atom is -0.465 e. The van der Waals surface area contributed by atoms with E-state index in [4.69, 9.17) is 10.8 Å². The molecule has 3 N–H and O–H groups in total. The van der Waals surface area contributed by atoms with Crippen molar-refractivity contribution >= 4 is 6.09 Å². The molecule has 0 aromatic rings. The van der Waals surface area contributed by atoms with Crippen molar-refractivity contribution in [2.45, 2.75) is 39.3 Å². The highest BCUT2D eigenvalue weighted by atomic mass is 16.4. The zero-order chi connectivity index (χ0) is 9.94. The molecule has 0 radical (unpaired) electrons. The van der Waals surface area contributed by atoms with Gasteiger partial charge in [0.1, 0.15) is 0 Å². The van der Waals surface area contributed by atoms with Crippen molar-refractivity contribution in [2.75, 3.05) is 6.54 Å². The molecule has 1 amide bonds. The molecule has 0 aliphatic heterocycles. The third kappa shape index (κ3) is 2.70. The number of hydrogen-bond acceptors (Lipinski definition) is 2. The zero-order valence-corrected chi connectivity index (χ0v) is 8.16. The first-order valence-corrected chi connectivity index (χ1v) is 4.03. The second-order valence-corrected chi connectivity index (χ2v) is 3.91. The second kappa shape index (κ2) is 3.76. The van der Waals surface area contributed by atoms with Crippen molar-refractivity contribution in [1.29, 1.82) is 0 Å². The van der Waals surface area contributed by atoms with E-state index in [0.717, 1.165) is 0 Å². The van der Waals surface area contributed by atoms with E-state index in [9.17, 15) is 4.79 Å². The Labute approximate surface area is 73.3 Å². The lowest BCUT2D eigenvalue weighted by molar-refractivity contribution is 0.0778. The molecule has 0 rings (SSSR count). The van der Waals surface area contributed by atoms with Crippen molar-refractivity contribution < 1.29 is 9.90 Å². The third-order valence-corrected chi connectivity index (χ3v) is 1.71. The molecular weight excluding hydrogens is 156 g/mol. The average molecular weight is 174 g/mol. The van der Waals surface area contributed by atoms with Gasteiger partial charge in [-0.2, -0.15) is 0 Å². The molecule has 12 heavy (non-hydrogen) atoms. The maximum Gasteiger partial charge on any atom is 0.408 e. The normalized spacial score (nSPS) is 14.1. The van der Waals surface area contributed by atoms with Gasteiger partial charge in [-0.3, -0.25) is 4.90 Å². The van der Waals surface area contributed by atoms with E-state index in [2.05, 4.69) is 0 Å². The summed E-state index contributed by atoms with van der Waals surface area (Å²) in [6, 6.07) is -0.137. The number of carboxylic acid groups (broad SMARTS) is 1. The minimum absolute atomic E-state index is 0.137. The first-order valence-electron chi connectivity index (χ1n) is 4.03. The van der Waals surface area contributed by atoms with Gasteiger partial charge in [-0.1, -0.05) is 0 Å². The molecule has 1 atom stereocenters. The van der Waals surface area contributed by atoms with Gasteiger partial charge in [0.2, 0.25) is 0 Å². The molecule has 0 heterocycles. The monoisotopic (exact) mass is 174 g/mol. The van der Waals surface area contributed by atoms with Crippen LogP contribution in [0.4, 0.5) is 4.79 Å². The SMILES string of the molecule is C[C@@H](CN)N(C(=O)O)C(C)(C)C. The number of hydrogen-bond donors (Lipinski definition) is 2. The second-order valence-electron chi connectivity index (χ2n) is 3.91. The number of amides is 1. The van der Waals surface area contributed by atoms with Gasteiger partial charge in [-0.25, -0.2) is 4.79 Å². The van der Waals surface area contributed by atoms with Gasteiger partial charge < -0.3 is 10.8 Å². The maximum absolute atomic E-state index is 10.8. The first kappa shape index (κ1) is 11.2. The Morgan fingerprint density at radius 3 is 2.08 bits per heavy atom. The van der Waals surface area contributed by atoms with E-state index >= 15 is 0 Å². The summed E-state index contributed by atoms with van der Waals surface area (Å²) < 4.78 is 0. The van der Waals surface area contributed by atoms with E-state index in [1.807, 2.05) is 20.8 Å². The molecule has 4 heteroatoms. The zero-order valence-electron chi connectivity index (χ0n) is 8.16. The van der Waals surface area contributed by atoms with E-state index in [0.29, 0.717) is 6.54 Å². The average Bonchev–Trinajstić information content (AvgIpc) is 1.83. The van der Waals surface area contributed by atoms with Gasteiger partial charge in [-0.05, 0) is 27.7 Å². The number of rotatable bonds is 2. The standard InChI is InChI=1S/C8H18N2O2/c1-6(5-9)10(7(11)12)8(2,3)4/h6H,5,9H2,1-4H3,(H,11,12)/t6-/m0/s1. The molecule has 0 fully saturated rings. The van der Waals surface area contributed by atoms with Crippen LogP contribution >= 0.6 is 0 Å². The number of carbonyl (C=O) groups is 1. The molecule has 0 aliphatic carbocycles. The lowest BCUT2D eigenvalue weighted by Crippen LogP contribution is -2.52. The fourth-order valence-electron chi connectivity index (χ4n) is 1.24. The summed E-state index contributed by atoms with van der Waals surface area (Å²) in [5.74, 6) is 0. The van der Waals surface area contributed by atoms with Crippen molar-refractivity contribution in [3.63, 3.8) is 0 Å². The molecular formula is C8H18N2O2. The molecule has 0 aromatic carbocycles. The van der Waals surface area contributed by atoms with Crippen LogP contribution in [0.3, 0.4) is 0 Å². The molecule has 72 valence electrons. The summed E-state index contributed by atoms with van der Waals surface area (Å²) in [6.45, 7) is 7.72. The summed E-state index contributed by atoms with van der Waals surface area (Å²) in [5, 5.41) is 8.88. The molecule has 0 aliphatic rings. The Bertz CT molecular complexity index is 163. The Kier molecular flexibility index (Phi) is 3.52. The van der Waals surface area contributed by atoms with Crippen LogP contribution in [0.25, 0.3) is 0 Å². The maximum atomic E-state index is 10.8. The van der Waals surface area contributed by atoms with E-state index < -0.39 is 6.09 Å². The fraction of sp³-hybridized carbons (Fsp3) is 0.875. The first-order chi connectivity index (χ1) is 5.30. The van der Waals surface area contributed by atoms with Crippen molar-refractivity contribution in [1.82, 2.24) is 4.90 Å². The third-order valence-electron chi connectivity index (χ3n) is 1.71. The van der Waals surface area contributed by atoms with E-state index in [1.165, 1.54) is 4.90 Å². The topological polar surface area (TPSA) is 66.6 Å². The molecule has 4 nitrogen and oxygen atoms in total. The summed E-state index contributed by atoms with van der Waals surface area (Å²) in [4.78, 5) is 12.2. The van der Waals surface area contributed by atoms with Crippen LogP contribution in [0.2, 0.25) is 0 Å². The molecule has 0 saturated carbocycles. The van der Waals surface area contributed by atoms with Crippen LogP contribution in [0.1, 0.15) is 27.7 Å². The van der Waals surface area contributed by atoms with Crippen molar-refractivity contribution in [3.8, 4) is 0 Å². The molecule has 0 spiro atoms. The Hall–Kier alpha value is -0.770. The molecule has 0 unspecified atom stereocenters. The van der Waals surface area contributed by atoms with Gasteiger partial charge in [0.15, 0.2) is 0 Å². The molecule has 0 aromatic heterocycles. The van der Waals surface area contributed by atoms with Gasteiger partial charge in [0, 0.05) is 18.1 Å². The quantitative estimate of drug-likeness (QED) is 0.659. The highest BCUT2D eigenvalue weighted by molar-refractivity contribution is 5.66. The molecule has 0 saturated heterocycles. The van der Waals surface area contributed by atoms with Gasteiger partial charge in [0.05, 0.1) is 0 Å². The summed E-state index contributed by atoms with van der Waals surface area (Å²) in [7, 11) is 0. The van der Waals surface area contributed by atoms with Crippen LogP contribution in [0, 0.1) is 0 Å². The van der Waals surface area contributed by atoms with Gasteiger partial charge >= 0.3 is 6.09 Å². The van der Waals surface area contributed by atoms with E-state index in [-0.39, 0.29) is 11.6 Å². The Balaban J connectivity index is 4.56. The highest BCUT2D eigenvalue weighted by Crippen LogP contribution is 2.16. The fourth-order valence-corrected chi connectivity index (χ4v) is 1.24. The largest absolute Gasteiger partial charge is 0.465 e. The lowest BCUT2D eigenvalue weighted by Gasteiger charge is -2.37. The smallest absolute Gasteiger partial charge is 0.408 e. The summed E-state index contributed by atoms with van der Waals surface area (Å²) in [6.07, 6.45) is -0.916. The highest BCUT2D eigenvalue weighted by Gasteiger charge is 2.29. The lowest BCUT2D eigenvalue weighted by atomic mass is 10.0. The van der Waals surface area contributed by atoms with Crippen LogP contribution < -0.4 is 5.73 Å². The van der Waals surface area contributed by atoms with Crippen molar-refractivity contribution in [3.05, 3.63) is 0 Å². The van der Waals surface area contributed by atoms with Gasteiger partial charge in [0.25, 0.3) is 0 Å². The van der Waals surface area contributed by atoms with Crippen LogP contribution in [-0.4, -0.2) is 34.2 Å². The molecule has 0 bridgehead atoms.